The summed E-state index contributed by atoms with van der Waals surface area (Å²) >= 11 is 0. The minimum absolute atomic E-state index is 0.185. The van der Waals surface area contributed by atoms with Crippen LogP contribution in [0.15, 0.2) is 30.3 Å². The zero-order chi connectivity index (χ0) is 16.6. The quantitative estimate of drug-likeness (QED) is 0.676. The first-order valence-electron chi connectivity index (χ1n) is 7.61. The molecule has 0 fully saturated rings. The molecule has 0 aromatic heterocycles. The third-order valence-electron chi connectivity index (χ3n) is 3.94. The lowest BCUT2D eigenvalue weighted by atomic mass is 10.2. The van der Waals surface area contributed by atoms with Gasteiger partial charge >= 0.3 is 0 Å². The Morgan fingerprint density at radius 3 is 2.36 bits per heavy atom. The molecule has 0 bridgehead atoms. The zero-order valence-corrected chi connectivity index (χ0v) is 15.2. The van der Waals surface area contributed by atoms with Crippen LogP contribution >= 0.6 is 0 Å². The van der Waals surface area contributed by atoms with Gasteiger partial charge in [0.1, 0.15) is 6.10 Å². The van der Waals surface area contributed by atoms with Gasteiger partial charge in [0.15, 0.2) is 8.32 Å². The smallest absolute Gasteiger partial charge is 0.191 e. The van der Waals surface area contributed by atoms with Gasteiger partial charge < -0.3 is 9.53 Å². The number of aliphatic hydroxyl groups excluding tert-OH is 1. The van der Waals surface area contributed by atoms with E-state index in [1.54, 1.807) is 0 Å². The fraction of sp³-hybridized carbons (Fsp3) is 0.474. The topological polar surface area (TPSA) is 29.5 Å². The molecule has 0 aliphatic heterocycles. The minimum Gasteiger partial charge on any atom is -0.417 e. The van der Waals surface area contributed by atoms with E-state index >= 15 is 0 Å². The van der Waals surface area contributed by atoms with Gasteiger partial charge in [-0.15, -0.1) is 0 Å². The van der Waals surface area contributed by atoms with Crippen LogP contribution in [0, 0.1) is 23.7 Å². The van der Waals surface area contributed by atoms with Gasteiger partial charge in [-0.25, -0.2) is 0 Å². The lowest BCUT2D eigenvalue weighted by molar-refractivity contribution is 0.179. The molecular weight excluding hydrogens is 288 g/mol. The van der Waals surface area contributed by atoms with Crippen LogP contribution in [-0.2, 0) is 4.43 Å². The summed E-state index contributed by atoms with van der Waals surface area (Å²) in [6, 6.07) is 9.67. The van der Waals surface area contributed by atoms with Crippen LogP contribution in [0.3, 0.4) is 0 Å². The summed E-state index contributed by atoms with van der Waals surface area (Å²) < 4.78 is 6.02. The number of benzene rings is 1. The van der Waals surface area contributed by atoms with Gasteiger partial charge in [0.05, 0.1) is 0 Å². The average molecular weight is 315 g/mol. The van der Waals surface area contributed by atoms with Crippen LogP contribution in [0.5, 0.6) is 0 Å². The maximum absolute atomic E-state index is 9.84. The minimum atomic E-state index is -1.74. The molecule has 0 radical (unpaired) electrons. The van der Waals surface area contributed by atoms with Crippen molar-refractivity contribution in [2.75, 3.05) is 6.61 Å². The van der Waals surface area contributed by atoms with Crippen molar-refractivity contribution in [3.05, 3.63) is 35.9 Å². The Bertz CT molecular complexity index is 577. The van der Waals surface area contributed by atoms with E-state index < -0.39 is 14.4 Å². The summed E-state index contributed by atoms with van der Waals surface area (Å²) in [5.74, 6) is 11.2. The molecule has 0 saturated carbocycles. The Morgan fingerprint density at radius 2 is 1.77 bits per heavy atom. The van der Waals surface area contributed by atoms with Crippen LogP contribution in [0.4, 0.5) is 0 Å². The third kappa shape index (κ3) is 6.50. The summed E-state index contributed by atoms with van der Waals surface area (Å²) in [4.78, 5) is 0. The van der Waals surface area contributed by atoms with E-state index in [2.05, 4.69) is 57.5 Å². The van der Waals surface area contributed by atoms with Crippen molar-refractivity contribution >= 4 is 8.32 Å². The molecule has 0 amide bonds. The van der Waals surface area contributed by atoms with E-state index in [0.717, 1.165) is 5.56 Å². The Kier molecular flexibility index (Phi) is 6.90. The second-order valence-electron chi connectivity index (χ2n) is 6.80. The first-order chi connectivity index (χ1) is 10.2. The first kappa shape index (κ1) is 18.5. The van der Waals surface area contributed by atoms with Crippen LogP contribution in [0.1, 0.15) is 32.8 Å². The van der Waals surface area contributed by atoms with Crippen LogP contribution < -0.4 is 0 Å². The van der Waals surface area contributed by atoms with E-state index in [4.69, 9.17) is 4.43 Å². The predicted octanol–water partition coefficient (Wildman–Crippen LogP) is 3.81. The molecule has 1 rings (SSSR count). The number of hydrogen-bond acceptors (Lipinski definition) is 2. The number of hydrogen-bond donors (Lipinski definition) is 1. The van der Waals surface area contributed by atoms with Crippen LogP contribution in [-0.4, -0.2) is 26.1 Å². The Hall–Kier alpha value is -1.52. The molecule has 1 atom stereocenters. The van der Waals surface area contributed by atoms with Gasteiger partial charge in [0.25, 0.3) is 0 Å². The molecule has 22 heavy (non-hydrogen) atoms. The van der Waals surface area contributed by atoms with E-state index in [9.17, 15) is 5.11 Å². The molecule has 3 heteroatoms. The van der Waals surface area contributed by atoms with E-state index in [0.29, 0.717) is 13.0 Å². The van der Waals surface area contributed by atoms with Gasteiger partial charge in [-0.3, -0.25) is 0 Å². The van der Waals surface area contributed by atoms with Crippen molar-refractivity contribution in [3.63, 3.8) is 0 Å². The fourth-order valence-electron chi connectivity index (χ4n) is 1.46. The summed E-state index contributed by atoms with van der Waals surface area (Å²) in [7, 11) is -1.74. The number of rotatable bonds is 4. The van der Waals surface area contributed by atoms with Crippen molar-refractivity contribution in [2.24, 2.45) is 0 Å². The highest BCUT2D eigenvalue weighted by Crippen LogP contribution is 2.36. The van der Waals surface area contributed by atoms with Gasteiger partial charge in [-0.2, -0.15) is 0 Å². The Morgan fingerprint density at radius 1 is 1.14 bits per heavy atom. The molecule has 1 N–H and O–H groups in total. The largest absolute Gasteiger partial charge is 0.417 e. The summed E-state index contributed by atoms with van der Waals surface area (Å²) in [5.41, 5.74) is 0.924. The summed E-state index contributed by atoms with van der Waals surface area (Å²) in [6.07, 6.45) is -0.165. The maximum Gasteiger partial charge on any atom is 0.191 e. The van der Waals surface area contributed by atoms with E-state index in [1.165, 1.54) is 0 Å². The highest BCUT2D eigenvalue weighted by atomic mass is 28.4. The molecule has 1 aromatic rings. The van der Waals surface area contributed by atoms with E-state index in [-0.39, 0.29) is 5.04 Å². The van der Waals surface area contributed by atoms with E-state index in [1.807, 2.05) is 30.3 Å². The molecule has 0 heterocycles. The van der Waals surface area contributed by atoms with Gasteiger partial charge in [-0.05, 0) is 42.1 Å². The highest BCUT2D eigenvalue weighted by Gasteiger charge is 2.36. The highest BCUT2D eigenvalue weighted by molar-refractivity contribution is 6.74. The van der Waals surface area contributed by atoms with Gasteiger partial charge in [0, 0.05) is 18.6 Å². The van der Waals surface area contributed by atoms with Crippen molar-refractivity contribution in [3.8, 4) is 23.7 Å². The standard InChI is InChI=1S/C19H26O2Si/c1-19(2,3)22(4,5)21-16-15-18(20)14-10-9-13-17-11-7-6-8-12-17/h6-8,11-12,18,20H,15-16H2,1-5H3. The average Bonchev–Trinajstić information content (AvgIpc) is 2.43. The van der Waals surface area contributed by atoms with Crippen molar-refractivity contribution in [1.29, 1.82) is 0 Å². The Labute approximate surface area is 136 Å². The second kappa shape index (κ2) is 8.20. The molecule has 0 saturated heterocycles. The number of aliphatic hydroxyl groups is 1. The predicted molar refractivity (Wildman–Crippen MR) is 94.9 cm³/mol. The lowest BCUT2D eigenvalue weighted by Crippen LogP contribution is -2.41. The third-order valence-corrected chi connectivity index (χ3v) is 8.48. The molecule has 118 valence electrons. The first-order valence-corrected chi connectivity index (χ1v) is 10.5. The van der Waals surface area contributed by atoms with Crippen molar-refractivity contribution < 1.29 is 9.53 Å². The summed E-state index contributed by atoms with van der Waals surface area (Å²) in [6.45, 7) is 11.6. The molecule has 2 nitrogen and oxygen atoms in total. The maximum atomic E-state index is 9.84. The van der Waals surface area contributed by atoms with Crippen LogP contribution in [0.2, 0.25) is 18.1 Å². The molecule has 0 spiro atoms. The summed E-state index contributed by atoms with van der Waals surface area (Å²) in [5, 5.41) is 10.0. The SMILES string of the molecule is CC(C)(C)[Si](C)(C)OCCC(O)C#CC#Cc1ccccc1. The molecular formula is C19H26O2Si. The molecule has 0 aliphatic rings. The molecule has 0 aliphatic carbocycles. The zero-order valence-electron chi connectivity index (χ0n) is 14.2. The molecule has 1 aromatic carbocycles. The Balaban J connectivity index is 2.41. The monoisotopic (exact) mass is 314 g/mol. The van der Waals surface area contributed by atoms with Crippen molar-refractivity contribution in [1.82, 2.24) is 0 Å². The lowest BCUT2D eigenvalue weighted by Gasteiger charge is -2.36. The fourth-order valence-corrected chi connectivity index (χ4v) is 2.52. The second-order valence-corrected chi connectivity index (χ2v) is 11.6. The van der Waals surface area contributed by atoms with Gasteiger partial charge in [-0.1, -0.05) is 50.8 Å². The van der Waals surface area contributed by atoms with Gasteiger partial charge in [0.2, 0.25) is 0 Å². The van der Waals surface area contributed by atoms with Crippen molar-refractivity contribution in [2.45, 2.75) is 51.4 Å². The normalized spacial score (nSPS) is 12.6. The van der Waals surface area contributed by atoms with Crippen LogP contribution in [0.25, 0.3) is 0 Å². The molecule has 1 unspecified atom stereocenters.